The third kappa shape index (κ3) is 3.36. The molecule has 20 heavy (non-hydrogen) atoms. The van der Waals surface area contributed by atoms with Crippen LogP contribution < -0.4 is 0 Å². The Bertz CT molecular complexity index is 486. The molecule has 1 aliphatic heterocycles. The second kappa shape index (κ2) is 6.51. The first kappa shape index (κ1) is 14.5. The quantitative estimate of drug-likeness (QED) is 0.854. The van der Waals surface area contributed by atoms with E-state index in [1.165, 1.54) is 6.20 Å². The van der Waals surface area contributed by atoms with E-state index in [4.69, 9.17) is 9.84 Å². The molecule has 1 aromatic rings. The summed E-state index contributed by atoms with van der Waals surface area (Å²) in [6.45, 7) is 3.91. The molecule has 1 aliphatic rings. The third-order valence-corrected chi connectivity index (χ3v) is 3.23. The molecule has 1 saturated heterocycles. The van der Waals surface area contributed by atoms with E-state index >= 15 is 0 Å². The van der Waals surface area contributed by atoms with Crippen molar-refractivity contribution in [1.29, 1.82) is 0 Å². The maximum Gasteiger partial charge on any atom is 0.305 e. The molecule has 1 unspecified atom stereocenters. The van der Waals surface area contributed by atoms with Crippen LogP contribution in [0.25, 0.3) is 0 Å². The van der Waals surface area contributed by atoms with E-state index in [1.807, 2.05) is 6.92 Å². The van der Waals surface area contributed by atoms with Crippen molar-refractivity contribution in [2.24, 2.45) is 0 Å². The number of aliphatic carboxylic acids is 1. The van der Waals surface area contributed by atoms with Gasteiger partial charge in [-0.05, 0) is 6.42 Å². The van der Waals surface area contributed by atoms with Crippen LogP contribution in [0.2, 0.25) is 0 Å². The molecule has 0 saturated carbocycles. The van der Waals surface area contributed by atoms with Crippen LogP contribution in [-0.4, -0.2) is 57.5 Å². The number of carboxylic acids is 1. The first-order valence-electron chi connectivity index (χ1n) is 6.74. The summed E-state index contributed by atoms with van der Waals surface area (Å²) in [5, 5.41) is 13.0. The predicted octanol–water partition coefficient (Wildman–Crippen LogP) is 0.609. The molecule has 2 rings (SSSR count). The zero-order valence-corrected chi connectivity index (χ0v) is 11.5. The van der Waals surface area contributed by atoms with E-state index < -0.39 is 12.0 Å². The Morgan fingerprint density at radius 2 is 2.35 bits per heavy atom. The van der Waals surface area contributed by atoms with Gasteiger partial charge in [-0.15, -0.1) is 0 Å². The lowest BCUT2D eigenvalue weighted by Gasteiger charge is -2.34. The van der Waals surface area contributed by atoms with Gasteiger partial charge in [0, 0.05) is 19.3 Å². The number of nitrogens with zero attached hydrogens (tertiary/aromatic N) is 3. The Labute approximate surface area is 117 Å². The summed E-state index contributed by atoms with van der Waals surface area (Å²) < 4.78 is 6.99. The van der Waals surface area contributed by atoms with Gasteiger partial charge in [0.05, 0.1) is 37.4 Å². The SMILES string of the molecule is CCCn1cc(C(=O)N2CCOCC2CC(=O)O)cn1. The molecule has 7 nitrogen and oxygen atoms in total. The molecule has 0 spiro atoms. The fourth-order valence-corrected chi connectivity index (χ4v) is 2.28. The maximum absolute atomic E-state index is 12.4. The van der Waals surface area contributed by atoms with E-state index in [-0.39, 0.29) is 18.9 Å². The highest BCUT2D eigenvalue weighted by Gasteiger charge is 2.30. The monoisotopic (exact) mass is 281 g/mol. The molecule has 0 aromatic carbocycles. The first-order valence-corrected chi connectivity index (χ1v) is 6.74. The Balaban J connectivity index is 2.09. The van der Waals surface area contributed by atoms with Crippen LogP contribution in [0.4, 0.5) is 0 Å². The van der Waals surface area contributed by atoms with Crippen LogP contribution in [0.3, 0.4) is 0 Å². The third-order valence-electron chi connectivity index (χ3n) is 3.23. The van der Waals surface area contributed by atoms with Gasteiger partial charge >= 0.3 is 5.97 Å². The van der Waals surface area contributed by atoms with Crippen molar-refractivity contribution < 1.29 is 19.4 Å². The lowest BCUT2D eigenvalue weighted by Crippen LogP contribution is -2.49. The lowest BCUT2D eigenvalue weighted by atomic mass is 10.1. The van der Waals surface area contributed by atoms with Crippen LogP contribution in [0.5, 0.6) is 0 Å². The summed E-state index contributed by atoms with van der Waals surface area (Å²) in [5.41, 5.74) is 0.496. The van der Waals surface area contributed by atoms with Crippen molar-refractivity contribution in [3.05, 3.63) is 18.0 Å². The largest absolute Gasteiger partial charge is 0.481 e. The number of amides is 1. The van der Waals surface area contributed by atoms with Crippen molar-refractivity contribution in [1.82, 2.24) is 14.7 Å². The van der Waals surface area contributed by atoms with E-state index in [0.717, 1.165) is 13.0 Å². The highest BCUT2D eigenvalue weighted by Crippen LogP contribution is 2.15. The molecule has 1 atom stereocenters. The van der Waals surface area contributed by atoms with E-state index in [0.29, 0.717) is 18.7 Å². The summed E-state index contributed by atoms with van der Waals surface area (Å²) in [6, 6.07) is -0.414. The Morgan fingerprint density at radius 3 is 3.05 bits per heavy atom. The summed E-state index contributed by atoms with van der Waals surface area (Å²) in [7, 11) is 0. The summed E-state index contributed by atoms with van der Waals surface area (Å²) in [6.07, 6.45) is 4.08. The van der Waals surface area contributed by atoms with Crippen LogP contribution in [0, 0.1) is 0 Å². The van der Waals surface area contributed by atoms with Gasteiger partial charge in [-0.3, -0.25) is 14.3 Å². The molecule has 0 bridgehead atoms. The van der Waals surface area contributed by atoms with E-state index in [2.05, 4.69) is 5.10 Å². The number of hydrogen-bond donors (Lipinski definition) is 1. The van der Waals surface area contributed by atoms with Gasteiger partial charge in [-0.1, -0.05) is 6.92 Å². The van der Waals surface area contributed by atoms with Crippen LogP contribution in [0.15, 0.2) is 12.4 Å². The molecule has 110 valence electrons. The van der Waals surface area contributed by atoms with Gasteiger partial charge in [0.1, 0.15) is 0 Å². The molecule has 1 fully saturated rings. The van der Waals surface area contributed by atoms with Gasteiger partial charge in [-0.2, -0.15) is 5.10 Å². The minimum absolute atomic E-state index is 0.102. The molecule has 2 heterocycles. The topological polar surface area (TPSA) is 84.7 Å². The second-order valence-electron chi connectivity index (χ2n) is 4.82. The van der Waals surface area contributed by atoms with Crippen molar-refractivity contribution in [3.63, 3.8) is 0 Å². The zero-order valence-electron chi connectivity index (χ0n) is 11.5. The van der Waals surface area contributed by atoms with Gasteiger partial charge < -0.3 is 14.7 Å². The minimum atomic E-state index is -0.931. The van der Waals surface area contributed by atoms with Gasteiger partial charge in [-0.25, -0.2) is 0 Å². The number of morpholine rings is 1. The predicted molar refractivity (Wildman–Crippen MR) is 70.4 cm³/mol. The molecule has 1 N–H and O–H groups in total. The molecule has 1 aromatic heterocycles. The average molecular weight is 281 g/mol. The molecule has 0 aliphatic carbocycles. The lowest BCUT2D eigenvalue weighted by molar-refractivity contribution is -0.139. The standard InChI is InChI=1S/C13H19N3O4/c1-2-3-15-8-10(7-14-15)13(19)16-4-5-20-9-11(16)6-12(17)18/h7-8,11H,2-6,9H2,1H3,(H,17,18). The fraction of sp³-hybridized carbons (Fsp3) is 0.615. The van der Waals surface area contributed by atoms with Crippen molar-refractivity contribution in [2.45, 2.75) is 32.4 Å². The molecule has 7 heteroatoms. The van der Waals surface area contributed by atoms with E-state index in [1.54, 1.807) is 15.8 Å². The molecular weight excluding hydrogens is 262 g/mol. The van der Waals surface area contributed by atoms with Crippen molar-refractivity contribution >= 4 is 11.9 Å². The number of rotatable bonds is 5. The Kier molecular flexibility index (Phi) is 4.73. The zero-order chi connectivity index (χ0) is 14.5. The normalized spacial score (nSPS) is 19.1. The fourth-order valence-electron chi connectivity index (χ4n) is 2.28. The van der Waals surface area contributed by atoms with Crippen LogP contribution >= 0.6 is 0 Å². The number of carboxylic acid groups (broad SMARTS) is 1. The molecular formula is C13H19N3O4. The molecule has 1 amide bonds. The first-order chi connectivity index (χ1) is 9.61. The number of ether oxygens (including phenoxy) is 1. The molecule has 0 radical (unpaired) electrons. The van der Waals surface area contributed by atoms with Gasteiger partial charge in [0.25, 0.3) is 5.91 Å². The summed E-state index contributed by atoms with van der Waals surface area (Å²) in [4.78, 5) is 24.9. The number of aromatic nitrogens is 2. The Hall–Kier alpha value is -1.89. The maximum atomic E-state index is 12.4. The average Bonchev–Trinajstić information content (AvgIpc) is 2.87. The van der Waals surface area contributed by atoms with E-state index in [9.17, 15) is 9.59 Å². The highest BCUT2D eigenvalue weighted by atomic mass is 16.5. The van der Waals surface area contributed by atoms with Crippen molar-refractivity contribution in [3.8, 4) is 0 Å². The van der Waals surface area contributed by atoms with Crippen LogP contribution in [0.1, 0.15) is 30.1 Å². The highest BCUT2D eigenvalue weighted by molar-refractivity contribution is 5.94. The van der Waals surface area contributed by atoms with Gasteiger partial charge in [0.2, 0.25) is 0 Å². The second-order valence-corrected chi connectivity index (χ2v) is 4.82. The van der Waals surface area contributed by atoms with Crippen LogP contribution in [-0.2, 0) is 16.1 Å². The summed E-state index contributed by atoms with van der Waals surface area (Å²) >= 11 is 0. The number of carbonyl (C=O) groups excluding carboxylic acids is 1. The number of aryl methyl sites for hydroxylation is 1. The number of hydrogen-bond acceptors (Lipinski definition) is 4. The summed E-state index contributed by atoms with van der Waals surface area (Å²) in [5.74, 6) is -1.11. The van der Waals surface area contributed by atoms with Gasteiger partial charge in [0.15, 0.2) is 0 Å². The minimum Gasteiger partial charge on any atom is -0.481 e. The number of carbonyl (C=O) groups is 2. The van der Waals surface area contributed by atoms with Crippen molar-refractivity contribution in [2.75, 3.05) is 19.8 Å². The Morgan fingerprint density at radius 1 is 1.55 bits per heavy atom. The smallest absolute Gasteiger partial charge is 0.305 e.